The van der Waals surface area contributed by atoms with Crippen LogP contribution in [0.25, 0.3) is 0 Å². The SMILES string of the molecule is CCCN1CCC(CNC(=NC)NC2CCN(CCC)CC2)CC1. The van der Waals surface area contributed by atoms with Gasteiger partial charge in [-0.1, -0.05) is 13.8 Å². The molecule has 0 aliphatic carbocycles. The van der Waals surface area contributed by atoms with Gasteiger partial charge in [0.15, 0.2) is 5.96 Å². The van der Waals surface area contributed by atoms with Crippen LogP contribution in [0.3, 0.4) is 0 Å². The number of aliphatic imine (C=N–C) groups is 1. The van der Waals surface area contributed by atoms with Gasteiger partial charge in [-0.05, 0) is 70.6 Å². The Bertz CT molecular complexity index is 355. The summed E-state index contributed by atoms with van der Waals surface area (Å²) in [7, 11) is 1.89. The maximum absolute atomic E-state index is 4.44. The highest BCUT2D eigenvalue weighted by atomic mass is 15.2. The van der Waals surface area contributed by atoms with E-state index >= 15 is 0 Å². The summed E-state index contributed by atoms with van der Waals surface area (Å²) in [4.78, 5) is 9.62. The van der Waals surface area contributed by atoms with E-state index in [1.54, 1.807) is 0 Å². The van der Waals surface area contributed by atoms with Gasteiger partial charge in [-0.25, -0.2) is 0 Å². The molecule has 0 spiro atoms. The Labute approximate surface area is 149 Å². The fourth-order valence-electron chi connectivity index (χ4n) is 3.98. The Morgan fingerprint density at radius 1 is 0.917 bits per heavy atom. The van der Waals surface area contributed by atoms with E-state index in [1.807, 2.05) is 7.05 Å². The Balaban J connectivity index is 1.63. The zero-order valence-corrected chi connectivity index (χ0v) is 16.2. The van der Waals surface area contributed by atoms with Crippen molar-refractivity contribution in [1.29, 1.82) is 0 Å². The van der Waals surface area contributed by atoms with E-state index in [2.05, 4.69) is 39.3 Å². The van der Waals surface area contributed by atoms with E-state index < -0.39 is 0 Å². The van der Waals surface area contributed by atoms with Gasteiger partial charge in [-0.2, -0.15) is 0 Å². The predicted molar refractivity (Wildman–Crippen MR) is 104 cm³/mol. The molecule has 0 unspecified atom stereocenters. The van der Waals surface area contributed by atoms with E-state index in [0.29, 0.717) is 6.04 Å². The van der Waals surface area contributed by atoms with Crippen LogP contribution in [0.2, 0.25) is 0 Å². The van der Waals surface area contributed by atoms with Crippen molar-refractivity contribution in [3.05, 3.63) is 0 Å². The summed E-state index contributed by atoms with van der Waals surface area (Å²) in [5.41, 5.74) is 0. The molecule has 2 N–H and O–H groups in total. The minimum absolute atomic E-state index is 0.579. The van der Waals surface area contributed by atoms with Crippen LogP contribution in [-0.4, -0.2) is 74.7 Å². The molecule has 0 aromatic carbocycles. The number of hydrogen-bond acceptors (Lipinski definition) is 3. The van der Waals surface area contributed by atoms with E-state index in [0.717, 1.165) is 18.4 Å². The van der Waals surface area contributed by atoms with E-state index in [4.69, 9.17) is 0 Å². The van der Waals surface area contributed by atoms with Gasteiger partial charge >= 0.3 is 0 Å². The van der Waals surface area contributed by atoms with E-state index in [1.165, 1.54) is 77.8 Å². The molecule has 2 rings (SSSR count). The highest BCUT2D eigenvalue weighted by molar-refractivity contribution is 5.79. The summed E-state index contributed by atoms with van der Waals surface area (Å²) in [5, 5.41) is 7.22. The first-order valence-electron chi connectivity index (χ1n) is 10.2. The van der Waals surface area contributed by atoms with Crippen LogP contribution in [0.5, 0.6) is 0 Å². The van der Waals surface area contributed by atoms with Crippen molar-refractivity contribution in [3.8, 4) is 0 Å². The van der Waals surface area contributed by atoms with E-state index in [9.17, 15) is 0 Å². The van der Waals surface area contributed by atoms with Gasteiger partial charge in [0.05, 0.1) is 0 Å². The largest absolute Gasteiger partial charge is 0.356 e. The number of likely N-dealkylation sites (tertiary alicyclic amines) is 2. The maximum atomic E-state index is 4.44. The average molecular weight is 338 g/mol. The van der Waals surface area contributed by atoms with Crippen molar-refractivity contribution in [2.75, 3.05) is 52.9 Å². The lowest BCUT2D eigenvalue weighted by Crippen LogP contribution is -2.50. The van der Waals surface area contributed by atoms with Crippen molar-refractivity contribution in [2.45, 2.75) is 58.4 Å². The second-order valence-corrected chi connectivity index (χ2v) is 7.50. The Kier molecular flexibility index (Phi) is 8.89. The summed E-state index contributed by atoms with van der Waals surface area (Å²) in [6.07, 6.45) is 7.64. The molecule has 5 heteroatoms. The normalized spacial score (nSPS) is 22.7. The quantitative estimate of drug-likeness (QED) is 0.552. The number of hydrogen-bond donors (Lipinski definition) is 2. The summed E-state index contributed by atoms with van der Waals surface area (Å²) in [6, 6.07) is 0.579. The average Bonchev–Trinajstić information content (AvgIpc) is 2.62. The third kappa shape index (κ3) is 6.60. The highest BCUT2D eigenvalue weighted by Gasteiger charge is 2.21. The van der Waals surface area contributed by atoms with Gasteiger partial charge in [0, 0.05) is 32.7 Å². The van der Waals surface area contributed by atoms with Crippen LogP contribution in [0.1, 0.15) is 52.4 Å². The van der Waals surface area contributed by atoms with Crippen LogP contribution in [-0.2, 0) is 0 Å². The molecule has 2 aliphatic heterocycles. The van der Waals surface area contributed by atoms with Crippen LogP contribution in [0.15, 0.2) is 4.99 Å². The van der Waals surface area contributed by atoms with Crippen LogP contribution >= 0.6 is 0 Å². The number of guanidine groups is 1. The number of rotatable bonds is 7. The first kappa shape index (κ1) is 19.5. The van der Waals surface area contributed by atoms with Crippen LogP contribution < -0.4 is 10.6 Å². The first-order chi connectivity index (χ1) is 11.7. The fraction of sp³-hybridized carbons (Fsp3) is 0.947. The second-order valence-electron chi connectivity index (χ2n) is 7.50. The Hall–Kier alpha value is -0.810. The number of nitrogens with zero attached hydrogens (tertiary/aromatic N) is 3. The van der Waals surface area contributed by atoms with Crippen molar-refractivity contribution < 1.29 is 0 Å². The molecule has 2 heterocycles. The molecule has 0 atom stereocenters. The summed E-state index contributed by atoms with van der Waals surface area (Å²) in [5.74, 6) is 1.79. The van der Waals surface area contributed by atoms with Gasteiger partial charge in [0.2, 0.25) is 0 Å². The third-order valence-corrected chi connectivity index (χ3v) is 5.50. The molecule has 0 radical (unpaired) electrons. The van der Waals surface area contributed by atoms with Gasteiger partial charge < -0.3 is 20.4 Å². The fourth-order valence-corrected chi connectivity index (χ4v) is 3.98. The summed E-state index contributed by atoms with van der Waals surface area (Å²) < 4.78 is 0. The zero-order valence-electron chi connectivity index (χ0n) is 16.2. The van der Waals surface area contributed by atoms with Crippen molar-refractivity contribution >= 4 is 5.96 Å². The summed E-state index contributed by atoms with van der Waals surface area (Å²) >= 11 is 0. The molecule has 24 heavy (non-hydrogen) atoms. The minimum Gasteiger partial charge on any atom is -0.356 e. The van der Waals surface area contributed by atoms with Gasteiger partial charge in [0.25, 0.3) is 0 Å². The first-order valence-corrected chi connectivity index (χ1v) is 10.2. The number of nitrogens with one attached hydrogen (secondary N) is 2. The molecular formula is C19H39N5. The Morgan fingerprint density at radius 2 is 1.46 bits per heavy atom. The molecule has 0 bridgehead atoms. The van der Waals surface area contributed by atoms with Crippen molar-refractivity contribution in [1.82, 2.24) is 20.4 Å². The monoisotopic (exact) mass is 337 g/mol. The lowest BCUT2D eigenvalue weighted by molar-refractivity contribution is 0.185. The van der Waals surface area contributed by atoms with Crippen molar-refractivity contribution in [2.24, 2.45) is 10.9 Å². The van der Waals surface area contributed by atoms with Crippen LogP contribution in [0, 0.1) is 5.92 Å². The molecule has 0 saturated carbocycles. The van der Waals surface area contributed by atoms with Crippen LogP contribution in [0.4, 0.5) is 0 Å². The number of piperidine rings is 2. The third-order valence-electron chi connectivity index (χ3n) is 5.50. The topological polar surface area (TPSA) is 42.9 Å². The molecule has 140 valence electrons. The lowest BCUT2D eigenvalue weighted by atomic mass is 9.97. The predicted octanol–water partition coefficient (Wildman–Crippen LogP) is 2.15. The lowest BCUT2D eigenvalue weighted by Gasteiger charge is -2.34. The smallest absolute Gasteiger partial charge is 0.191 e. The van der Waals surface area contributed by atoms with Gasteiger partial charge in [-0.15, -0.1) is 0 Å². The maximum Gasteiger partial charge on any atom is 0.191 e. The molecule has 2 fully saturated rings. The standard InChI is InChI=1S/C19H39N5/c1-4-10-23-12-6-17(7-13-23)16-21-19(20-3)22-18-8-14-24(11-5-2)15-9-18/h17-18H,4-16H2,1-3H3,(H2,20,21,22). The van der Waals surface area contributed by atoms with Gasteiger partial charge in [-0.3, -0.25) is 4.99 Å². The highest BCUT2D eigenvalue weighted by Crippen LogP contribution is 2.16. The van der Waals surface area contributed by atoms with E-state index in [-0.39, 0.29) is 0 Å². The zero-order chi connectivity index (χ0) is 17.2. The second kappa shape index (κ2) is 10.9. The molecule has 2 saturated heterocycles. The minimum atomic E-state index is 0.579. The van der Waals surface area contributed by atoms with Gasteiger partial charge in [0.1, 0.15) is 0 Å². The van der Waals surface area contributed by atoms with Crippen molar-refractivity contribution in [3.63, 3.8) is 0 Å². The molecule has 0 aromatic heterocycles. The Morgan fingerprint density at radius 3 is 1.96 bits per heavy atom. The molecule has 2 aliphatic rings. The molecule has 0 amide bonds. The molecule has 5 nitrogen and oxygen atoms in total. The summed E-state index contributed by atoms with van der Waals surface area (Å²) in [6.45, 7) is 13.1. The molecule has 0 aromatic rings. The molecular weight excluding hydrogens is 298 g/mol.